The van der Waals surface area contributed by atoms with Crippen LogP contribution in [0.1, 0.15) is 10.4 Å². The minimum Gasteiger partial charge on any atom is -0.345 e. The normalized spacial score (nSPS) is 14.3. The van der Waals surface area contributed by atoms with E-state index in [1.807, 2.05) is 18.1 Å². The van der Waals surface area contributed by atoms with E-state index in [1.54, 1.807) is 27.9 Å². The van der Waals surface area contributed by atoms with Gasteiger partial charge in [-0.2, -0.15) is 5.10 Å². The van der Waals surface area contributed by atoms with Crippen LogP contribution in [0, 0.1) is 12.3 Å². The van der Waals surface area contributed by atoms with Crippen molar-refractivity contribution in [2.75, 3.05) is 36.0 Å². The summed E-state index contributed by atoms with van der Waals surface area (Å²) in [6.07, 6.45) is 10.1. The average molecular weight is 338 g/mol. The van der Waals surface area contributed by atoms with Gasteiger partial charge in [0.1, 0.15) is 5.82 Å². The topological polar surface area (TPSA) is 83.4 Å². The molecular formula is C17H18N6O2. The Balaban J connectivity index is 1.65. The first-order chi connectivity index (χ1) is 12.1. The molecule has 0 aromatic carbocycles. The minimum atomic E-state index is -0.269. The van der Waals surface area contributed by atoms with Gasteiger partial charge in [0.25, 0.3) is 5.91 Å². The van der Waals surface area contributed by atoms with Crippen LogP contribution in [0.4, 0.5) is 11.5 Å². The zero-order valence-electron chi connectivity index (χ0n) is 13.8. The fourth-order valence-corrected chi connectivity index (χ4v) is 2.63. The number of amides is 2. The summed E-state index contributed by atoms with van der Waals surface area (Å²) in [5.41, 5.74) is 1.22. The second-order valence-corrected chi connectivity index (χ2v) is 5.63. The molecule has 3 rings (SSSR count). The maximum Gasteiger partial charge on any atom is 0.253 e. The van der Waals surface area contributed by atoms with Crippen molar-refractivity contribution in [3.63, 3.8) is 0 Å². The van der Waals surface area contributed by atoms with Gasteiger partial charge in [0.15, 0.2) is 0 Å². The molecular weight excluding hydrogens is 320 g/mol. The highest BCUT2D eigenvalue weighted by molar-refractivity contribution is 5.97. The summed E-state index contributed by atoms with van der Waals surface area (Å²) in [7, 11) is 1.81. The third-order valence-corrected chi connectivity index (χ3v) is 3.91. The number of carbonyl (C=O) groups excluding carboxylic acids is 2. The first-order valence-electron chi connectivity index (χ1n) is 7.80. The van der Waals surface area contributed by atoms with Crippen LogP contribution in [0.2, 0.25) is 0 Å². The lowest BCUT2D eigenvalue weighted by Crippen LogP contribution is -2.50. The van der Waals surface area contributed by atoms with E-state index in [0.29, 0.717) is 24.5 Å². The highest BCUT2D eigenvalue weighted by Gasteiger charge is 2.26. The molecule has 25 heavy (non-hydrogen) atoms. The number of aromatic nitrogens is 3. The Kier molecular flexibility index (Phi) is 4.66. The maximum absolute atomic E-state index is 12.4. The fraction of sp³-hybridized carbons (Fsp3) is 0.294. The van der Waals surface area contributed by atoms with Crippen molar-refractivity contribution in [2.45, 2.75) is 0 Å². The zero-order valence-corrected chi connectivity index (χ0v) is 13.8. The van der Waals surface area contributed by atoms with Crippen LogP contribution in [0.5, 0.6) is 0 Å². The van der Waals surface area contributed by atoms with E-state index in [2.05, 4.69) is 21.3 Å². The van der Waals surface area contributed by atoms with E-state index in [9.17, 15) is 9.59 Å². The molecule has 128 valence electrons. The maximum atomic E-state index is 12.4. The number of carbonyl (C=O) groups is 2. The Hall–Kier alpha value is -3.34. The van der Waals surface area contributed by atoms with Crippen molar-refractivity contribution in [1.82, 2.24) is 20.1 Å². The summed E-state index contributed by atoms with van der Waals surface area (Å²) >= 11 is 0. The van der Waals surface area contributed by atoms with Crippen molar-refractivity contribution in [3.05, 3.63) is 36.3 Å². The number of rotatable bonds is 4. The second-order valence-electron chi connectivity index (χ2n) is 5.63. The second kappa shape index (κ2) is 7.05. The van der Waals surface area contributed by atoms with Crippen LogP contribution >= 0.6 is 0 Å². The molecule has 0 unspecified atom stereocenters. The monoisotopic (exact) mass is 338 g/mol. The van der Waals surface area contributed by atoms with Crippen LogP contribution < -0.4 is 15.1 Å². The highest BCUT2D eigenvalue weighted by atomic mass is 16.2. The number of anilines is 2. The van der Waals surface area contributed by atoms with Crippen molar-refractivity contribution in [3.8, 4) is 12.3 Å². The zero-order chi connectivity index (χ0) is 17.8. The van der Waals surface area contributed by atoms with Gasteiger partial charge in [-0.3, -0.25) is 14.3 Å². The number of terminal acetylenes is 1. The molecule has 0 atom stereocenters. The SMILES string of the molecule is C#CCNC(=O)c1ccc(N2CCN(c3cnn(C)c3)C(=O)C2)nc1. The van der Waals surface area contributed by atoms with Gasteiger partial charge in [0.2, 0.25) is 5.91 Å². The van der Waals surface area contributed by atoms with Gasteiger partial charge in [-0.25, -0.2) is 4.98 Å². The lowest BCUT2D eigenvalue weighted by Gasteiger charge is -2.34. The standard InChI is InChI=1S/C17H18N6O2/c1-3-6-18-17(25)13-4-5-15(19-9-13)22-7-8-23(16(24)12-22)14-10-20-21(2)11-14/h1,4-5,9-11H,6-8,12H2,2H3,(H,18,25). The van der Waals surface area contributed by atoms with Gasteiger partial charge >= 0.3 is 0 Å². The van der Waals surface area contributed by atoms with Gasteiger partial charge in [-0.15, -0.1) is 6.42 Å². The molecule has 2 aromatic heterocycles. The first kappa shape index (κ1) is 16.5. The minimum absolute atomic E-state index is 0.0168. The van der Waals surface area contributed by atoms with Gasteiger partial charge in [0.05, 0.1) is 30.5 Å². The fourth-order valence-electron chi connectivity index (χ4n) is 2.63. The van der Waals surface area contributed by atoms with E-state index in [-0.39, 0.29) is 24.9 Å². The van der Waals surface area contributed by atoms with Crippen molar-refractivity contribution >= 4 is 23.3 Å². The van der Waals surface area contributed by atoms with E-state index in [1.165, 1.54) is 6.20 Å². The highest BCUT2D eigenvalue weighted by Crippen LogP contribution is 2.19. The molecule has 0 bridgehead atoms. The Morgan fingerprint density at radius 3 is 2.80 bits per heavy atom. The molecule has 3 heterocycles. The largest absolute Gasteiger partial charge is 0.345 e. The summed E-state index contributed by atoms with van der Waals surface area (Å²) in [6, 6.07) is 3.41. The third-order valence-electron chi connectivity index (χ3n) is 3.91. The lowest BCUT2D eigenvalue weighted by molar-refractivity contribution is -0.117. The number of hydrogen-bond donors (Lipinski definition) is 1. The molecule has 8 nitrogen and oxygen atoms in total. The van der Waals surface area contributed by atoms with Gasteiger partial charge in [0, 0.05) is 32.5 Å². The molecule has 0 aliphatic carbocycles. The summed E-state index contributed by atoms with van der Waals surface area (Å²) in [6.45, 7) is 1.60. The molecule has 1 saturated heterocycles. The Morgan fingerprint density at radius 1 is 1.36 bits per heavy atom. The quantitative estimate of drug-likeness (QED) is 0.796. The molecule has 8 heteroatoms. The van der Waals surface area contributed by atoms with Crippen LogP contribution in [0.25, 0.3) is 0 Å². The van der Waals surface area contributed by atoms with Gasteiger partial charge in [-0.1, -0.05) is 5.92 Å². The number of nitrogens with zero attached hydrogens (tertiary/aromatic N) is 5. The first-order valence-corrected chi connectivity index (χ1v) is 7.80. The molecule has 0 saturated carbocycles. The molecule has 1 aliphatic rings. The third kappa shape index (κ3) is 3.61. The predicted molar refractivity (Wildman–Crippen MR) is 93.2 cm³/mol. The Labute approximate surface area is 145 Å². The van der Waals surface area contributed by atoms with Crippen molar-refractivity contribution in [1.29, 1.82) is 0 Å². The molecule has 1 fully saturated rings. The number of aryl methyl sites for hydroxylation is 1. The summed E-state index contributed by atoms with van der Waals surface area (Å²) in [5, 5.41) is 6.68. The Bertz CT molecular complexity index is 820. The van der Waals surface area contributed by atoms with E-state index in [0.717, 1.165) is 5.69 Å². The average Bonchev–Trinajstić information content (AvgIpc) is 3.05. The smallest absolute Gasteiger partial charge is 0.253 e. The molecule has 0 spiro atoms. The predicted octanol–water partition coefficient (Wildman–Crippen LogP) is 0.0313. The Morgan fingerprint density at radius 2 is 2.20 bits per heavy atom. The molecule has 2 amide bonds. The molecule has 1 N–H and O–H groups in total. The van der Waals surface area contributed by atoms with Crippen molar-refractivity contribution in [2.24, 2.45) is 7.05 Å². The van der Waals surface area contributed by atoms with Crippen molar-refractivity contribution < 1.29 is 9.59 Å². The van der Waals surface area contributed by atoms with Crippen LogP contribution in [-0.2, 0) is 11.8 Å². The summed E-state index contributed by atoms with van der Waals surface area (Å²) < 4.78 is 1.67. The summed E-state index contributed by atoms with van der Waals surface area (Å²) in [5.74, 6) is 2.72. The van der Waals surface area contributed by atoms with Crippen LogP contribution in [0.15, 0.2) is 30.7 Å². The number of pyridine rings is 1. The lowest BCUT2D eigenvalue weighted by atomic mass is 10.2. The van der Waals surface area contributed by atoms with Crippen LogP contribution in [0.3, 0.4) is 0 Å². The van der Waals surface area contributed by atoms with E-state index >= 15 is 0 Å². The number of nitrogens with one attached hydrogen (secondary N) is 1. The van der Waals surface area contributed by atoms with E-state index in [4.69, 9.17) is 6.42 Å². The molecule has 2 aromatic rings. The number of hydrogen-bond acceptors (Lipinski definition) is 5. The van der Waals surface area contributed by atoms with E-state index < -0.39 is 0 Å². The number of piperazine rings is 1. The van der Waals surface area contributed by atoms with Gasteiger partial charge < -0.3 is 15.1 Å². The molecule has 0 radical (unpaired) electrons. The van der Waals surface area contributed by atoms with Crippen LogP contribution in [-0.4, -0.2) is 52.8 Å². The molecule has 1 aliphatic heterocycles. The summed E-state index contributed by atoms with van der Waals surface area (Å²) in [4.78, 5) is 32.1. The van der Waals surface area contributed by atoms with Gasteiger partial charge in [-0.05, 0) is 12.1 Å².